The van der Waals surface area contributed by atoms with E-state index >= 15 is 0 Å². The Hall–Kier alpha value is -0.640. The van der Waals surface area contributed by atoms with Gasteiger partial charge in [-0.1, -0.05) is 57.3 Å². The molecule has 0 fully saturated rings. The van der Waals surface area contributed by atoms with Crippen molar-refractivity contribution in [2.24, 2.45) is 0 Å². The quantitative estimate of drug-likeness (QED) is 0.465. The van der Waals surface area contributed by atoms with E-state index in [1.807, 2.05) is 18.2 Å². The third kappa shape index (κ3) is 3.47. The van der Waals surface area contributed by atoms with E-state index in [0.717, 1.165) is 17.7 Å². The summed E-state index contributed by atoms with van der Waals surface area (Å²) in [5.41, 5.74) is 1.09. The number of hydrogen-bond donors (Lipinski definition) is 0. The highest BCUT2D eigenvalue weighted by Crippen LogP contribution is 2.33. The van der Waals surface area contributed by atoms with Crippen LogP contribution in [0.4, 0.5) is 8.78 Å². The van der Waals surface area contributed by atoms with Crippen LogP contribution in [-0.2, 0) is 6.42 Å². The Morgan fingerprint density at radius 2 is 1.68 bits per heavy atom. The first-order chi connectivity index (χ1) is 8.99. The summed E-state index contributed by atoms with van der Waals surface area (Å²) in [4.78, 5) is -0.376. The molecule has 0 aromatic heterocycles. The molecule has 100 valence electrons. The summed E-state index contributed by atoms with van der Waals surface area (Å²) in [7, 11) is 0. The number of alkyl halides is 1. The van der Waals surface area contributed by atoms with Gasteiger partial charge < -0.3 is 0 Å². The molecule has 0 nitrogen and oxygen atoms in total. The molecule has 0 bridgehead atoms. The van der Waals surface area contributed by atoms with Crippen molar-refractivity contribution in [2.75, 3.05) is 0 Å². The van der Waals surface area contributed by atoms with E-state index in [-0.39, 0.29) is 15.4 Å². The smallest absolute Gasteiger partial charge is 0.142 e. The first kappa shape index (κ1) is 14.8. The highest BCUT2D eigenvalue weighted by Gasteiger charge is 2.17. The maximum absolute atomic E-state index is 13.8. The minimum atomic E-state index is -0.637. The van der Waals surface area contributed by atoms with Gasteiger partial charge in [0, 0.05) is 15.4 Å². The Balaban J connectivity index is 2.28. The second-order valence-electron chi connectivity index (χ2n) is 4.05. The molecular formula is C14H9BrCl2F2. The van der Waals surface area contributed by atoms with E-state index in [9.17, 15) is 8.78 Å². The molecule has 0 aliphatic rings. The van der Waals surface area contributed by atoms with Crippen LogP contribution in [-0.4, -0.2) is 0 Å². The highest BCUT2D eigenvalue weighted by atomic mass is 79.9. The van der Waals surface area contributed by atoms with E-state index in [0.29, 0.717) is 11.4 Å². The van der Waals surface area contributed by atoms with Gasteiger partial charge in [0.2, 0.25) is 0 Å². The molecule has 19 heavy (non-hydrogen) atoms. The van der Waals surface area contributed by atoms with Crippen LogP contribution in [0.25, 0.3) is 0 Å². The van der Waals surface area contributed by atoms with Gasteiger partial charge in [0.25, 0.3) is 0 Å². The summed E-state index contributed by atoms with van der Waals surface area (Å²) >= 11 is 14.9. The van der Waals surface area contributed by atoms with E-state index in [1.54, 1.807) is 6.07 Å². The van der Waals surface area contributed by atoms with Gasteiger partial charge in [-0.3, -0.25) is 0 Å². The summed E-state index contributed by atoms with van der Waals surface area (Å²) < 4.78 is 27.2. The normalized spacial score (nSPS) is 12.5. The van der Waals surface area contributed by atoms with Crippen LogP contribution in [0.15, 0.2) is 36.4 Å². The zero-order chi connectivity index (χ0) is 14.0. The fourth-order valence-corrected chi connectivity index (χ4v) is 2.81. The number of benzene rings is 2. The lowest BCUT2D eigenvalue weighted by Crippen LogP contribution is -2.00. The Morgan fingerprint density at radius 3 is 2.37 bits per heavy atom. The van der Waals surface area contributed by atoms with Crippen molar-refractivity contribution >= 4 is 39.1 Å². The Bertz CT molecular complexity index is 602. The maximum atomic E-state index is 13.8. The van der Waals surface area contributed by atoms with Gasteiger partial charge in [0.1, 0.15) is 11.6 Å². The molecule has 0 heterocycles. The van der Waals surface area contributed by atoms with Crippen molar-refractivity contribution < 1.29 is 8.78 Å². The van der Waals surface area contributed by atoms with Gasteiger partial charge in [0.05, 0.1) is 5.02 Å². The van der Waals surface area contributed by atoms with E-state index < -0.39 is 11.6 Å². The van der Waals surface area contributed by atoms with Crippen molar-refractivity contribution in [3.8, 4) is 0 Å². The van der Waals surface area contributed by atoms with Crippen LogP contribution in [0.1, 0.15) is 16.0 Å². The average molecular weight is 366 g/mol. The van der Waals surface area contributed by atoms with Crippen LogP contribution in [0, 0.1) is 11.6 Å². The molecule has 0 amide bonds. The van der Waals surface area contributed by atoms with Crippen molar-refractivity contribution in [3.63, 3.8) is 0 Å². The zero-order valence-electron chi connectivity index (χ0n) is 9.64. The van der Waals surface area contributed by atoms with Crippen molar-refractivity contribution in [1.82, 2.24) is 0 Å². The van der Waals surface area contributed by atoms with Crippen LogP contribution in [0.5, 0.6) is 0 Å². The molecule has 0 N–H and O–H groups in total. The minimum absolute atomic E-state index is 0.223. The Labute approximate surface area is 128 Å². The molecule has 1 atom stereocenters. The van der Waals surface area contributed by atoms with Gasteiger partial charge in [-0.25, -0.2) is 8.78 Å². The Morgan fingerprint density at radius 1 is 1.00 bits per heavy atom. The molecular weight excluding hydrogens is 357 g/mol. The largest absolute Gasteiger partial charge is 0.207 e. The average Bonchev–Trinajstić information content (AvgIpc) is 2.36. The van der Waals surface area contributed by atoms with Crippen LogP contribution in [0.2, 0.25) is 10.0 Å². The van der Waals surface area contributed by atoms with Crippen molar-refractivity contribution in [2.45, 2.75) is 11.2 Å². The minimum Gasteiger partial charge on any atom is -0.207 e. The van der Waals surface area contributed by atoms with Gasteiger partial charge in [0.15, 0.2) is 0 Å². The fraction of sp³-hybridized carbons (Fsp3) is 0.143. The third-order valence-electron chi connectivity index (χ3n) is 2.73. The second-order valence-corrected chi connectivity index (χ2v) is 5.97. The molecule has 2 aromatic carbocycles. The highest BCUT2D eigenvalue weighted by molar-refractivity contribution is 9.09. The van der Waals surface area contributed by atoms with Gasteiger partial charge >= 0.3 is 0 Å². The SMILES string of the molecule is Fc1cc(C(Br)Cc2ccccc2Cl)c(F)cc1Cl. The summed E-state index contributed by atoms with van der Waals surface area (Å²) in [5.74, 6) is -1.18. The fourth-order valence-electron chi connectivity index (χ4n) is 1.74. The summed E-state index contributed by atoms with van der Waals surface area (Å²) in [5, 5.41) is 0.375. The molecule has 0 aliphatic carbocycles. The summed E-state index contributed by atoms with van der Waals surface area (Å²) in [6, 6.07) is 9.36. The molecule has 2 rings (SSSR count). The van der Waals surface area contributed by atoms with Gasteiger partial charge in [-0.2, -0.15) is 0 Å². The third-order valence-corrected chi connectivity index (χ3v) is 4.21. The second kappa shape index (κ2) is 6.21. The van der Waals surface area contributed by atoms with Gasteiger partial charge in [-0.05, 0) is 30.2 Å². The topological polar surface area (TPSA) is 0 Å². The summed E-state index contributed by atoms with van der Waals surface area (Å²) in [6.07, 6.45) is 0.456. The van der Waals surface area contributed by atoms with Crippen molar-refractivity contribution in [3.05, 3.63) is 69.2 Å². The number of halogens is 5. The number of rotatable bonds is 3. The molecule has 0 radical (unpaired) electrons. The van der Waals surface area contributed by atoms with E-state index in [4.69, 9.17) is 23.2 Å². The number of hydrogen-bond acceptors (Lipinski definition) is 0. The molecule has 2 aromatic rings. The van der Waals surface area contributed by atoms with Crippen molar-refractivity contribution in [1.29, 1.82) is 0 Å². The lowest BCUT2D eigenvalue weighted by molar-refractivity contribution is 0.584. The first-order valence-electron chi connectivity index (χ1n) is 5.51. The molecule has 5 heteroatoms. The van der Waals surface area contributed by atoms with E-state index in [2.05, 4.69) is 15.9 Å². The van der Waals surface area contributed by atoms with Crippen LogP contribution in [0.3, 0.4) is 0 Å². The predicted molar refractivity (Wildman–Crippen MR) is 78.2 cm³/mol. The zero-order valence-corrected chi connectivity index (χ0v) is 12.7. The van der Waals surface area contributed by atoms with Gasteiger partial charge in [-0.15, -0.1) is 0 Å². The predicted octanol–water partition coefficient (Wildman–Crippen LogP) is 5.95. The Kier molecular flexibility index (Phi) is 4.82. The molecule has 0 spiro atoms. The van der Waals surface area contributed by atoms with E-state index in [1.165, 1.54) is 0 Å². The van der Waals surface area contributed by atoms with Crippen LogP contribution < -0.4 is 0 Å². The lowest BCUT2D eigenvalue weighted by Gasteiger charge is -2.13. The monoisotopic (exact) mass is 364 g/mol. The lowest BCUT2D eigenvalue weighted by atomic mass is 10.0. The molecule has 1 unspecified atom stereocenters. The maximum Gasteiger partial charge on any atom is 0.142 e. The standard InChI is InChI=1S/C14H9BrCl2F2/c15-10(5-8-3-1-2-4-11(8)16)9-6-14(19)12(17)7-13(9)18/h1-4,6-7,10H,5H2. The molecule has 0 aliphatic heterocycles. The first-order valence-corrected chi connectivity index (χ1v) is 7.18. The molecule has 0 saturated heterocycles. The summed E-state index contributed by atoms with van der Waals surface area (Å²) in [6.45, 7) is 0. The van der Waals surface area contributed by atoms with Crippen LogP contribution >= 0.6 is 39.1 Å². The molecule has 0 saturated carbocycles.